The molecule has 2 nitrogen and oxygen atoms in total. The Kier molecular flexibility index (Phi) is 8.12. The molecule has 0 amide bonds. The van der Waals surface area contributed by atoms with Crippen LogP contribution in [0.15, 0.2) is 48.5 Å². The van der Waals surface area contributed by atoms with Crippen LogP contribution in [0.4, 0.5) is 26.3 Å². The summed E-state index contributed by atoms with van der Waals surface area (Å²) in [5.41, 5.74) is 1.24. The van der Waals surface area contributed by atoms with Gasteiger partial charge in [0.2, 0.25) is 0 Å². The number of alkyl halides is 3. The van der Waals surface area contributed by atoms with Crippen LogP contribution in [0.25, 0.3) is 11.1 Å². The highest BCUT2D eigenvalue weighted by Gasteiger charge is 2.32. The quantitative estimate of drug-likeness (QED) is 0.248. The first-order valence-corrected chi connectivity index (χ1v) is 10.9. The fraction of sp³-hybridized carbons (Fsp3) is 0.308. The predicted molar refractivity (Wildman–Crippen MR) is 117 cm³/mol. The molecule has 3 rings (SSSR count). The highest BCUT2D eigenvalue weighted by molar-refractivity contribution is 5.72. The van der Waals surface area contributed by atoms with Gasteiger partial charge < -0.3 is 9.84 Å². The Morgan fingerprint density at radius 3 is 2.09 bits per heavy atom. The highest BCUT2D eigenvalue weighted by Crippen LogP contribution is 2.36. The van der Waals surface area contributed by atoms with Crippen molar-refractivity contribution < 1.29 is 36.2 Å². The molecule has 0 aliphatic rings. The largest absolute Gasteiger partial charge is 0.573 e. The molecule has 0 aliphatic heterocycles. The lowest BCUT2D eigenvalue weighted by molar-refractivity contribution is -0.275. The first kappa shape index (κ1) is 25.5. The van der Waals surface area contributed by atoms with E-state index in [-0.39, 0.29) is 29.5 Å². The van der Waals surface area contributed by atoms with Gasteiger partial charge in [0, 0.05) is 11.6 Å². The minimum Gasteiger partial charge on any atom is -0.507 e. The fourth-order valence-electron chi connectivity index (χ4n) is 3.75. The van der Waals surface area contributed by atoms with Crippen molar-refractivity contribution >= 4 is 0 Å². The molecule has 8 heteroatoms. The molecule has 0 spiro atoms. The highest BCUT2D eigenvalue weighted by atomic mass is 19.4. The number of aryl methyl sites for hydroxylation is 2. The summed E-state index contributed by atoms with van der Waals surface area (Å²) >= 11 is 0. The van der Waals surface area contributed by atoms with Gasteiger partial charge in [-0.1, -0.05) is 50.1 Å². The number of aromatic hydroxyl groups is 1. The number of benzene rings is 3. The molecule has 0 heterocycles. The van der Waals surface area contributed by atoms with E-state index >= 15 is 4.39 Å². The standard InChI is InChI=1S/C26H24F6O2/c1-2-3-4-5-16-6-10-18(11-7-16)24-22(33)15-20(27)19(25(24)29)12-8-17-9-13-23(21(28)14-17)34-26(30,31)32/h6-7,9-11,13-15,33H,2-5,8,12H2,1H3. The van der Waals surface area contributed by atoms with Crippen LogP contribution in [-0.2, 0) is 19.3 Å². The molecule has 3 aromatic carbocycles. The van der Waals surface area contributed by atoms with Crippen molar-refractivity contribution in [3.8, 4) is 22.6 Å². The molecular weight excluding hydrogens is 458 g/mol. The Balaban J connectivity index is 1.80. The second kappa shape index (κ2) is 10.8. The molecule has 0 radical (unpaired) electrons. The van der Waals surface area contributed by atoms with Crippen LogP contribution in [-0.4, -0.2) is 11.5 Å². The fourth-order valence-corrected chi connectivity index (χ4v) is 3.75. The van der Waals surface area contributed by atoms with Crippen LogP contribution < -0.4 is 4.74 Å². The third-order valence-electron chi connectivity index (χ3n) is 5.49. The molecule has 3 aromatic rings. The van der Waals surface area contributed by atoms with Crippen molar-refractivity contribution in [3.63, 3.8) is 0 Å². The van der Waals surface area contributed by atoms with Gasteiger partial charge in [-0.3, -0.25) is 0 Å². The summed E-state index contributed by atoms with van der Waals surface area (Å²) in [5.74, 6) is -4.67. The van der Waals surface area contributed by atoms with E-state index in [1.54, 1.807) is 12.1 Å². The van der Waals surface area contributed by atoms with Crippen molar-refractivity contribution in [3.05, 3.63) is 82.7 Å². The Labute approximate surface area is 193 Å². The zero-order valence-corrected chi connectivity index (χ0v) is 18.5. The summed E-state index contributed by atoms with van der Waals surface area (Å²) in [6, 6.07) is 10.7. The zero-order valence-electron chi connectivity index (χ0n) is 18.5. The first-order valence-electron chi connectivity index (χ1n) is 10.9. The molecule has 0 bridgehead atoms. The van der Waals surface area contributed by atoms with Crippen LogP contribution in [0.2, 0.25) is 0 Å². The number of ether oxygens (including phenoxy) is 1. The van der Waals surface area contributed by atoms with Crippen LogP contribution in [0.5, 0.6) is 11.5 Å². The average molecular weight is 482 g/mol. The maximum Gasteiger partial charge on any atom is 0.573 e. The number of rotatable bonds is 9. The van der Waals surface area contributed by atoms with Gasteiger partial charge in [-0.05, 0) is 54.5 Å². The zero-order chi connectivity index (χ0) is 24.9. The molecule has 0 unspecified atom stereocenters. The number of unbranched alkanes of at least 4 members (excludes halogenated alkanes) is 2. The first-order chi connectivity index (χ1) is 16.1. The maximum absolute atomic E-state index is 15.2. The summed E-state index contributed by atoms with van der Waals surface area (Å²) in [7, 11) is 0. The van der Waals surface area contributed by atoms with Crippen LogP contribution in [0.1, 0.15) is 42.9 Å². The summed E-state index contributed by atoms with van der Waals surface area (Å²) < 4.78 is 84.1. The third-order valence-corrected chi connectivity index (χ3v) is 5.49. The number of halogens is 6. The molecule has 34 heavy (non-hydrogen) atoms. The lowest BCUT2D eigenvalue weighted by Gasteiger charge is -2.14. The summed E-state index contributed by atoms with van der Waals surface area (Å²) in [6.45, 7) is 2.11. The smallest absolute Gasteiger partial charge is 0.507 e. The average Bonchev–Trinajstić information content (AvgIpc) is 2.75. The van der Waals surface area contributed by atoms with E-state index in [0.717, 1.165) is 49.4 Å². The molecule has 0 atom stereocenters. The van der Waals surface area contributed by atoms with Gasteiger partial charge in [0.15, 0.2) is 11.6 Å². The number of phenolic OH excluding ortho intramolecular Hbond substituents is 1. The Morgan fingerprint density at radius 2 is 1.47 bits per heavy atom. The van der Waals surface area contributed by atoms with Gasteiger partial charge in [0.1, 0.15) is 17.4 Å². The molecule has 0 aromatic heterocycles. The monoisotopic (exact) mass is 482 g/mol. The van der Waals surface area contributed by atoms with Gasteiger partial charge in [-0.25, -0.2) is 13.2 Å². The molecule has 0 saturated carbocycles. The van der Waals surface area contributed by atoms with E-state index in [1.165, 1.54) is 6.07 Å². The second-order valence-corrected chi connectivity index (χ2v) is 8.01. The van der Waals surface area contributed by atoms with Crippen molar-refractivity contribution in [2.45, 2.75) is 51.8 Å². The number of hydrogen-bond acceptors (Lipinski definition) is 2. The van der Waals surface area contributed by atoms with E-state index in [2.05, 4.69) is 11.7 Å². The molecule has 0 saturated heterocycles. The Hall–Kier alpha value is -3.16. The summed E-state index contributed by atoms with van der Waals surface area (Å²) in [6.07, 6.45) is -1.18. The second-order valence-electron chi connectivity index (χ2n) is 8.01. The lowest BCUT2D eigenvalue weighted by atomic mass is 9.95. The predicted octanol–water partition coefficient (Wildman–Crippen LogP) is 7.89. The third kappa shape index (κ3) is 6.46. The van der Waals surface area contributed by atoms with E-state index in [1.807, 2.05) is 12.1 Å². The van der Waals surface area contributed by atoms with Gasteiger partial charge in [0.05, 0.1) is 5.56 Å². The van der Waals surface area contributed by atoms with Gasteiger partial charge in [-0.2, -0.15) is 0 Å². The van der Waals surface area contributed by atoms with Crippen LogP contribution in [0, 0.1) is 17.5 Å². The topological polar surface area (TPSA) is 29.5 Å². The van der Waals surface area contributed by atoms with Crippen LogP contribution >= 0.6 is 0 Å². The summed E-state index contributed by atoms with van der Waals surface area (Å²) in [4.78, 5) is 0. The lowest BCUT2D eigenvalue weighted by Crippen LogP contribution is -2.18. The van der Waals surface area contributed by atoms with Gasteiger partial charge >= 0.3 is 6.36 Å². The minimum absolute atomic E-state index is 0.0440. The van der Waals surface area contributed by atoms with Gasteiger partial charge in [0.25, 0.3) is 0 Å². The van der Waals surface area contributed by atoms with Crippen molar-refractivity contribution in [1.29, 1.82) is 0 Å². The molecule has 0 aliphatic carbocycles. The molecule has 0 fully saturated rings. The Morgan fingerprint density at radius 1 is 0.794 bits per heavy atom. The van der Waals surface area contributed by atoms with E-state index < -0.39 is 35.3 Å². The SMILES string of the molecule is CCCCCc1ccc(-c2c(O)cc(F)c(CCc3ccc(OC(F)(F)F)c(F)c3)c2F)cc1. The normalized spacial score (nSPS) is 11.6. The number of phenols is 1. The van der Waals surface area contributed by atoms with Crippen molar-refractivity contribution in [2.24, 2.45) is 0 Å². The van der Waals surface area contributed by atoms with Crippen molar-refractivity contribution in [2.75, 3.05) is 0 Å². The Bertz CT molecular complexity index is 1120. The molecule has 1 N–H and O–H groups in total. The van der Waals surface area contributed by atoms with Gasteiger partial charge in [-0.15, -0.1) is 13.2 Å². The molecular formula is C26H24F6O2. The van der Waals surface area contributed by atoms with E-state index in [4.69, 9.17) is 0 Å². The maximum atomic E-state index is 15.2. The minimum atomic E-state index is -5.04. The van der Waals surface area contributed by atoms with Crippen molar-refractivity contribution in [1.82, 2.24) is 0 Å². The summed E-state index contributed by atoms with van der Waals surface area (Å²) in [5, 5.41) is 10.2. The van der Waals surface area contributed by atoms with E-state index in [9.17, 15) is 27.1 Å². The number of hydrogen-bond donors (Lipinski definition) is 1. The van der Waals surface area contributed by atoms with Crippen LogP contribution in [0.3, 0.4) is 0 Å². The molecule has 182 valence electrons. The van der Waals surface area contributed by atoms with E-state index in [0.29, 0.717) is 5.56 Å².